The van der Waals surface area contributed by atoms with Gasteiger partial charge >= 0.3 is 0 Å². The molecular formula is C37H41Cl2N3O5S. The molecule has 11 heteroatoms. The molecule has 0 aromatic heterocycles. The van der Waals surface area contributed by atoms with E-state index >= 15 is 0 Å². The van der Waals surface area contributed by atoms with Crippen LogP contribution in [0, 0.1) is 6.92 Å². The summed E-state index contributed by atoms with van der Waals surface area (Å²) in [6, 6.07) is 26.4. The molecule has 8 nitrogen and oxygen atoms in total. The highest BCUT2D eigenvalue weighted by Crippen LogP contribution is 2.28. The number of sulfonamides is 1. The summed E-state index contributed by atoms with van der Waals surface area (Å²) >= 11 is 12.6. The van der Waals surface area contributed by atoms with E-state index in [2.05, 4.69) is 5.32 Å². The van der Waals surface area contributed by atoms with Crippen molar-refractivity contribution in [3.8, 4) is 5.75 Å². The lowest BCUT2D eigenvalue weighted by Crippen LogP contribution is -2.53. The first kappa shape index (κ1) is 36.8. The maximum Gasteiger partial charge on any atom is 0.264 e. The van der Waals surface area contributed by atoms with Gasteiger partial charge < -0.3 is 15.0 Å². The van der Waals surface area contributed by atoms with Crippen LogP contribution < -0.4 is 14.4 Å². The average molecular weight is 711 g/mol. The van der Waals surface area contributed by atoms with Gasteiger partial charge in [-0.1, -0.05) is 90.6 Å². The maximum absolute atomic E-state index is 14.6. The van der Waals surface area contributed by atoms with Crippen LogP contribution in [-0.4, -0.2) is 50.9 Å². The molecule has 0 fully saturated rings. The van der Waals surface area contributed by atoms with Crippen LogP contribution in [0.4, 0.5) is 5.69 Å². The van der Waals surface area contributed by atoms with Crippen molar-refractivity contribution in [3.63, 3.8) is 0 Å². The zero-order valence-corrected chi connectivity index (χ0v) is 29.7. The number of nitrogens with one attached hydrogen (secondary N) is 1. The Labute approximate surface area is 293 Å². The van der Waals surface area contributed by atoms with Crippen LogP contribution in [0.2, 0.25) is 10.0 Å². The third kappa shape index (κ3) is 9.75. The summed E-state index contributed by atoms with van der Waals surface area (Å²) in [7, 11) is -4.24. The van der Waals surface area contributed by atoms with Gasteiger partial charge in [-0.3, -0.25) is 13.9 Å². The van der Waals surface area contributed by atoms with Gasteiger partial charge in [-0.05, 0) is 79.9 Å². The molecule has 0 saturated carbocycles. The number of unbranched alkanes of at least 4 members (excludes halogenated alkanes) is 1. The predicted molar refractivity (Wildman–Crippen MR) is 192 cm³/mol. The second-order valence-corrected chi connectivity index (χ2v) is 14.0. The quantitative estimate of drug-likeness (QED) is 0.122. The molecule has 1 atom stereocenters. The number of hydrogen-bond acceptors (Lipinski definition) is 5. The fourth-order valence-electron chi connectivity index (χ4n) is 5.14. The third-order valence-corrected chi connectivity index (χ3v) is 10.3. The van der Waals surface area contributed by atoms with Gasteiger partial charge in [0.2, 0.25) is 11.8 Å². The van der Waals surface area contributed by atoms with Crippen molar-refractivity contribution < 1.29 is 22.7 Å². The number of amides is 2. The van der Waals surface area contributed by atoms with Gasteiger partial charge in [0.15, 0.2) is 0 Å². The Balaban J connectivity index is 1.79. The molecule has 0 aliphatic heterocycles. The number of nitrogens with zero attached hydrogens (tertiary/aromatic N) is 2. The maximum atomic E-state index is 14.6. The molecule has 0 unspecified atom stereocenters. The first-order valence-corrected chi connectivity index (χ1v) is 18.1. The molecule has 4 aromatic carbocycles. The fourth-order valence-corrected chi connectivity index (χ4v) is 6.87. The number of rotatable bonds is 16. The van der Waals surface area contributed by atoms with Crippen LogP contribution in [0.15, 0.2) is 102 Å². The molecule has 48 heavy (non-hydrogen) atoms. The van der Waals surface area contributed by atoms with E-state index in [0.717, 1.165) is 28.3 Å². The first-order chi connectivity index (χ1) is 23.0. The highest BCUT2D eigenvalue weighted by Gasteiger charge is 2.34. The lowest BCUT2D eigenvalue weighted by atomic mass is 10.0. The summed E-state index contributed by atoms with van der Waals surface area (Å²) in [6.45, 7) is 6.06. The van der Waals surface area contributed by atoms with Crippen LogP contribution in [0.1, 0.15) is 43.4 Å². The van der Waals surface area contributed by atoms with E-state index < -0.39 is 28.5 Å². The van der Waals surface area contributed by atoms with E-state index in [1.165, 1.54) is 17.0 Å². The number of carbonyl (C=O) groups is 2. The second kappa shape index (κ2) is 17.4. The first-order valence-electron chi connectivity index (χ1n) is 15.9. The summed E-state index contributed by atoms with van der Waals surface area (Å²) in [4.78, 5) is 29.9. The van der Waals surface area contributed by atoms with Crippen molar-refractivity contribution in [2.45, 2.75) is 57.5 Å². The Hall–Kier alpha value is -4.05. The summed E-state index contributed by atoms with van der Waals surface area (Å²) in [5.74, 6) is -0.375. The van der Waals surface area contributed by atoms with Gasteiger partial charge in [0, 0.05) is 19.5 Å². The number of benzene rings is 4. The lowest BCUT2D eigenvalue weighted by Gasteiger charge is -2.34. The zero-order chi connectivity index (χ0) is 34.7. The minimum atomic E-state index is -4.24. The van der Waals surface area contributed by atoms with Gasteiger partial charge in [-0.2, -0.15) is 0 Å². The minimum absolute atomic E-state index is 0.00601. The average Bonchev–Trinajstić information content (AvgIpc) is 3.08. The summed E-state index contributed by atoms with van der Waals surface area (Å²) in [5.41, 5.74) is 2.71. The van der Waals surface area contributed by atoms with Crippen molar-refractivity contribution >= 4 is 50.7 Å². The van der Waals surface area contributed by atoms with Crippen LogP contribution in [0.5, 0.6) is 5.75 Å². The molecule has 0 aliphatic carbocycles. The van der Waals surface area contributed by atoms with E-state index in [0.29, 0.717) is 40.2 Å². The van der Waals surface area contributed by atoms with E-state index in [4.69, 9.17) is 27.9 Å². The third-order valence-electron chi connectivity index (χ3n) is 7.76. The molecular weight excluding hydrogens is 669 g/mol. The Kier molecular flexibility index (Phi) is 13.3. The molecule has 4 aromatic rings. The summed E-state index contributed by atoms with van der Waals surface area (Å²) in [5, 5.41) is 3.63. The number of carbonyl (C=O) groups excluding carboxylic acids is 2. The van der Waals surface area contributed by atoms with Crippen LogP contribution in [-0.2, 0) is 32.6 Å². The van der Waals surface area contributed by atoms with Gasteiger partial charge in [0.05, 0.1) is 27.2 Å². The molecule has 4 rings (SSSR count). The molecule has 2 amide bonds. The fraction of sp³-hybridized carbons (Fsp3) is 0.297. The number of hydrogen-bond donors (Lipinski definition) is 1. The number of ether oxygens (including phenoxy) is 1. The normalized spacial score (nSPS) is 11.9. The predicted octanol–water partition coefficient (Wildman–Crippen LogP) is 7.45. The number of halogens is 2. The van der Waals surface area contributed by atoms with Gasteiger partial charge in [-0.25, -0.2) is 8.42 Å². The molecule has 0 heterocycles. The van der Waals surface area contributed by atoms with Crippen molar-refractivity contribution in [1.29, 1.82) is 0 Å². The molecule has 1 N–H and O–H groups in total. The Bertz CT molecular complexity index is 1770. The van der Waals surface area contributed by atoms with Crippen LogP contribution >= 0.6 is 23.2 Å². The largest absolute Gasteiger partial charge is 0.494 e. The number of aryl methyl sites for hydroxylation is 1. The highest BCUT2D eigenvalue weighted by molar-refractivity contribution is 7.92. The summed E-state index contributed by atoms with van der Waals surface area (Å²) < 4.78 is 35.1. The second-order valence-electron chi connectivity index (χ2n) is 11.4. The minimum Gasteiger partial charge on any atom is -0.494 e. The molecule has 0 aliphatic rings. The van der Waals surface area contributed by atoms with Gasteiger partial charge in [0.1, 0.15) is 18.3 Å². The highest BCUT2D eigenvalue weighted by atomic mass is 35.5. The van der Waals surface area contributed by atoms with E-state index in [1.807, 2.05) is 51.1 Å². The van der Waals surface area contributed by atoms with Gasteiger partial charge in [-0.15, -0.1) is 0 Å². The Morgan fingerprint density at radius 2 is 1.54 bits per heavy atom. The Morgan fingerprint density at radius 1 is 0.854 bits per heavy atom. The molecule has 0 saturated heterocycles. The van der Waals surface area contributed by atoms with Crippen molar-refractivity contribution in [1.82, 2.24) is 10.2 Å². The SMILES string of the molecule is CCCCNC(=O)[C@@H](Cc1ccccc1)N(Cc1ccc(Cl)c(Cl)c1)C(=O)CN(c1ccc(C)cc1)S(=O)(=O)c1ccc(OCC)cc1. The molecule has 0 radical (unpaired) electrons. The van der Waals surface area contributed by atoms with Crippen molar-refractivity contribution in [3.05, 3.63) is 124 Å². The molecule has 254 valence electrons. The Morgan fingerprint density at radius 3 is 2.17 bits per heavy atom. The molecule has 0 spiro atoms. The van der Waals surface area contributed by atoms with Crippen LogP contribution in [0.3, 0.4) is 0 Å². The zero-order valence-electron chi connectivity index (χ0n) is 27.4. The van der Waals surface area contributed by atoms with E-state index in [-0.39, 0.29) is 23.8 Å². The van der Waals surface area contributed by atoms with Gasteiger partial charge in [0.25, 0.3) is 10.0 Å². The monoisotopic (exact) mass is 709 g/mol. The van der Waals surface area contributed by atoms with Crippen molar-refractivity contribution in [2.75, 3.05) is 24.0 Å². The topological polar surface area (TPSA) is 96.0 Å². The number of anilines is 1. The van der Waals surface area contributed by atoms with Crippen LogP contribution in [0.25, 0.3) is 0 Å². The molecule has 0 bridgehead atoms. The van der Waals surface area contributed by atoms with E-state index in [9.17, 15) is 18.0 Å². The lowest BCUT2D eigenvalue weighted by molar-refractivity contribution is -0.140. The van der Waals surface area contributed by atoms with Crippen molar-refractivity contribution in [2.24, 2.45) is 0 Å². The van der Waals surface area contributed by atoms with E-state index in [1.54, 1.807) is 54.6 Å². The smallest absolute Gasteiger partial charge is 0.264 e. The summed E-state index contributed by atoms with van der Waals surface area (Å²) in [6.07, 6.45) is 1.86. The standard InChI is InChI=1S/C37H41Cl2N3O5S/c1-4-6-22-40-37(44)35(24-28-10-8-7-9-11-28)41(25-29-14-21-33(38)34(39)23-29)36(43)26-42(30-15-12-27(3)13-16-30)48(45,46)32-19-17-31(18-20-32)47-5-2/h7-21,23,35H,4-6,22,24-26H2,1-3H3,(H,40,44)/t35-/m1/s1.